The molecule has 2 nitrogen and oxygen atoms in total. The van der Waals surface area contributed by atoms with Crippen molar-refractivity contribution in [3.05, 3.63) is 35.4 Å². The Morgan fingerprint density at radius 2 is 2.00 bits per heavy atom. The van der Waals surface area contributed by atoms with Crippen LogP contribution < -0.4 is 0 Å². The molecule has 1 aromatic rings. The third-order valence-electron chi connectivity index (χ3n) is 2.98. The van der Waals surface area contributed by atoms with E-state index in [2.05, 4.69) is 24.3 Å². The van der Waals surface area contributed by atoms with Gasteiger partial charge < -0.3 is 9.47 Å². The minimum atomic E-state index is 0.367. The summed E-state index contributed by atoms with van der Waals surface area (Å²) in [7, 11) is 0. The number of hydrogen-bond acceptors (Lipinski definition) is 2. The molecule has 2 fully saturated rings. The zero-order valence-corrected chi connectivity index (χ0v) is 8.11. The second-order valence-corrected chi connectivity index (χ2v) is 4.01. The molecule has 2 aliphatic heterocycles. The minimum absolute atomic E-state index is 0.367. The first-order valence-corrected chi connectivity index (χ1v) is 5.24. The van der Waals surface area contributed by atoms with Gasteiger partial charge in [0, 0.05) is 6.61 Å². The predicted molar refractivity (Wildman–Crippen MR) is 53.2 cm³/mol. The predicted octanol–water partition coefficient (Wildman–Crippen LogP) is 2.09. The van der Waals surface area contributed by atoms with Gasteiger partial charge in [0.05, 0.1) is 12.7 Å². The molecule has 2 saturated heterocycles. The molecule has 2 heterocycles. The van der Waals surface area contributed by atoms with E-state index in [0.717, 1.165) is 19.6 Å². The van der Waals surface area contributed by atoms with Crippen molar-refractivity contribution in [2.45, 2.75) is 25.0 Å². The van der Waals surface area contributed by atoms with Crippen molar-refractivity contribution >= 4 is 0 Å². The molecule has 0 N–H and O–H groups in total. The fraction of sp³-hybridized carbons (Fsp3) is 0.500. The highest BCUT2D eigenvalue weighted by Crippen LogP contribution is 2.33. The Morgan fingerprint density at radius 3 is 2.64 bits per heavy atom. The zero-order chi connectivity index (χ0) is 9.38. The van der Waals surface area contributed by atoms with Crippen molar-refractivity contribution in [1.29, 1.82) is 0 Å². The maximum Gasteiger partial charge on any atom is 0.106 e. The van der Waals surface area contributed by atoms with E-state index in [9.17, 15) is 0 Å². The van der Waals surface area contributed by atoms with Crippen LogP contribution in [0.15, 0.2) is 24.3 Å². The van der Waals surface area contributed by atoms with E-state index < -0.39 is 0 Å². The first-order chi connectivity index (χ1) is 6.93. The molecule has 0 bridgehead atoms. The molecule has 14 heavy (non-hydrogen) atoms. The highest BCUT2D eigenvalue weighted by atomic mass is 16.6. The standard InChI is InChI=1S/C12H14O2/c1-2-4-11(12-8-14-12)9(3-1)7-10-5-6-13-10/h1-4,10,12H,5-8H2. The van der Waals surface area contributed by atoms with Crippen LogP contribution in [0.3, 0.4) is 0 Å². The topological polar surface area (TPSA) is 21.8 Å². The number of benzene rings is 1. The molecular weight excluding hydrogens is 176 g/mol. The van der Waals surface area contributed by atoms with Gasteiger partial charge >= 0.3 is 0 Å². The number of hydrogen-bond donors (Lipinski definition) is 0. The van der Waals surface area contributed by atoms with Crippen LogP contribution >= 0.6 is 0 Å². The quantitative estimate of drug-likeness (QED) is 0.681. The lowest BCUT2D eigenvalue weighted by Gasteiger charge is -2.27. The van der Waals surface area contributed by atoms with Crippen LogP contribution in [-0.2, 0) is 15.9 Å². The third kappa shape index (κ3) is 1.56. The van der Waals surface area contributed by atoms with E-state index in [0.29, 0.717) is 12.2 Å². The monoisotopic (exact) mass is 190 g/mol. The van der Waals surface area contributed by atoms with E-state index >= 15 is 0 Å². The zero-order valence-electron chi connectivity index (χ0n) is 8.11. The molecule has 0 aromatic heterocycles. The number of ether oxygens (including phenoxy) is 2. The van der Waals surface area contributed by atoms with Crippen LogP contribution in [-0.4, -0.2) is 19.3 Å². The summed E-state index contributed by atoms with van der Waals surface area (Å²) in [4.78, 5) is 0. The van der Waals surface area contributed by atoms with Crippen molar-refractivity contribution in [3.63, 3.8) is 0 Å². The SMILES string of the molecule is c1ccc(C2CO2)c(CC2CCO2)c1. The summed E-state index contributed by atoms with van der Waals surface area (Å²) in [6.07, 6.45) is 3.08. The largest absolute Gasteiger partial charge is 0.378 e. The molecule has 2 atom stereocenters. The molecule has 0 amide bonds. The Hall–Kier alpha value is -0.860. The Balaban J connectivity index is 1.79. The summed E-state index contributed by atoms with van der Waals surface area (Å²) in [6, 6.07) is 8.55. The molecule has 0 saturated carbocycles. The van der Waals surface area contributed by atoms with E-state index in [1.54, 1.807) is 0 Å². The summed E-state index contributed by atoms with van der Waals surface area (Å²) in [5, 5.41) is 0. The molecule has 0 aliphatic carbocycles. The van der Waals surface area contributed by atoms with Gasteiger partial charge in [-0.25, -0.2) is 0 Å². The summed E-state index contributed by atoms with van der Waals surface area (Å²) >= 11 is 0. The van der Waals surface area contributed by atoms with E-state index in [1.807, 2.05) is 0 Å². The Bertz CT molecular complexity index is 327. The van der Waals surface area contributed by atoms with Crippen molar-refractivity contribution in [2.75, 3.05) is 13.2 Å². The molecule has 0 radical (unpaired) electrons. The third-order valence-corrected chi connectivity index (χ3v) is 2.98. The van der Waals surface area contributed by atoms with E-state index in [-0.39, 0.29) is 0 Å². The Kier molecular flexibility index (Phi) is 2.03. The highest BCUT2D eigenvalue weighted by Gasteiger charge is 2.28. The average molecular weight is 190 g/mol. The lowest BCUT2D eigenvalue weighted by atomic mass is 9.97. The van der Waals surface area contributed by atoms with Gasteiger partial charge in [0.25, 0.3) is 0 Å². The summed E-state index contributed by atoms with van der Waals surface area (Å²) in [5.41, 5.74) is 2.77. The summed E-state index contributed by atoms with van der Waals surface area (Å²) < 4.78 is 10.8. The van der Waals surface area contributed by atoms with Gasteiger partial charge in [-0.1, -0.05) is 24.3 Å². The Morgan fingerprint density at radius 1 is 1.21 bits per heavy atom. The molecule has 2 aliphatic rings. The fourth-order valence-electron chi connectivity index (χ4n) is 1.95. The normalized spacial score (nSPS) is 29.7. The van der Waals surface area contributed by atoms with Gasteiger partial charge in [-0.05, 0) is 24.0 Å². The molecule has 1 aromatic carbocycles. The van der Waals surface area contributed by atoms with Gasteiger partial charge in [-0.3, -0.25) is 0 Å². The Labute approximate surface area is 83.8 Å². The van der Waals surface area contributed by atoms with Crippen LogP contribution in [0.1, 0.15) is 23.7 Å². The van der Waals surface area contributed by atoms with Crippen molar-refractivity contribution in [2.24, 2.45) is 0 Å². The summed E-state index contributed by atoms with van der Waals surface area (Å²) in [6.45, 7) is 1.83. The lowest BCUT2D eigenvalue weighted by Crippen LogP contribution is -2.29. The van der Waals surface area contributed by atoms with E-state index in [1.165, 1.54) is 17.5 Å². The second-order valence-electron chi connectivity index (χ2n) is 4.01. The van der Waals surface area contributed by atoms with Crippen LogP contribution in [0.25, 0.3) is 0 Å². The smallest absolute Gasteiger partial charge is 0.106 e. The van der Waals surface area contributed by atoms with Crippen LogP contribution in [0, 0.1) is 0 Å². The van der Waals surface area contributed by atoms with Gasteiger partial charge in [-0.15, -0.1) is 0 Å². The van der Waals surface area contributed by atoms with E-state index in [4.69, 9.17) is 9.47 Å². The number of epoxide rings is 1. The number of rotatable bonds is 3. The van der Waals surface area contributed by atoms with Crippen molar-refractivity contribution in [3.8, 4) is 0 Å². The maximum atomic E-state index is 5.45. The van der Waals surface area contributed by atoms with Crippen molar-refractivity contribution in [1.82, 2.24) is 0 Å². The summed E-state index contributed by atoms with van der Waals surface area (Å²) in [5.74, 6) is 0. The van der Waals surface area contributed by atoms with Crippen LogP contribution in [0.4, 0.5) is 0 Å². The molecule has 2 unspecified atom stereocenters. The lowest BCUT2D eigenvalue weighted by molar-refractivity contribution is -0.0493. The van der Waals surface area contributed by atoms with Gasteiger partial charge in [0.15, 0.2) is 0 Å². The van der Waals surface area contributed by atoms with Crippen molar-refractivity contribution < 1.29 is 9.47 Å². The molecule has 3 rings (SSSR count). The second kappa shape index (κ2) is 3.37. The minimum Gasteiger partial charge on any atom is -0.378 e. The van der Waals surface area contributed by atoms with Gasteiger partial charge in [0.2, 0.25) is 0 Å². The first-order valence-electron chi connectivity index (χ1n) is 5.24. The average Bonchev–Trinajstić information content (AvgIpc) is 2.95. The first kappa shape index (κ1) is 8.45. The maximum absolute atomic E-state index is 5.45. The van der Waals surface area contributed by atoms with Gasteiger partial charge in [-0.2, -0.15) is 0 Å². The fourth-order valence-corrected chi connectivity index (χ4v) is 1.95. The van der Waals surface area contributed by atoms with Gasteiger partial charge in [0.1, 0.15) is 6.10 Å². The molecule has 2 heteroatoms. The van der Waals surface area contributed by atoms with Crippen LogP contribution in [0.2, 0.25) is 0 Å². The molecule has 0 spiro atoms. The van der Waals surface area contributed by atoms with Crippen LogP contribution in [0.5, 0.6) is 0 Å². The highest BCUT2D eigenvalue weighted by molar-refractivity contribution is 5.31. The molecule has 74 valence electrons. The molecular formula is C12H14O2.